The number of carbonyl (C=O) groups is 1. The molecule has 0 saturated carbocycles. The number of benzene rings is 1. The van der Waals surface area contributed by atoms with Crippen LogP contribution in [0.15, 0.2) is 48.7 Å². The molecule has 1 unspecified atom stereocenters. The van der Waals surface area contributed by atoms with E-state index in [0.717, 1.165) is 57.9 Å². The number of aromatic nitrogens is 1. The third-order valence-corrected chi connectivity index (χ3v) is 5.48. The van der Waals surface area contributed by atoms with E-state index in [0.29, 0.717) is 12.2 Å². The van der Waals surface area contributed by atoms with Crippen molar-refractivity contribution in [1.29, 1.82) is 0 Å². The molecule has 0 spiro atoms. The summed E-state index contributed by atoms with van der Waals surface area (Å²) in [5.41, 5.74) is 2.89. The Morgan fingerprint density at radius 3 is 2.71 bits per heavy atom. The minimum atomic E-state index is -0.125. The maximum absolute atomic E-state index is 12.4. The standard InChI is InChI=1S/C22H28N4O2/c27-22(24-16-20-7-4-14-28-20)21-15-19(8-9-23-21)26-12-10-25(11-13-26)17-18-5-2-1-3-6-18/h1-3,5-6,8-9,15,20H,4,7,10-14,16-17H2,(H,24,27). The van der Waals surface area contributed by atoms with Gasteiger partial charge in [-0.15, -0.1) is 0 Å². The van der Waals surface area contributed by atoms with Gasteiger partial charge in [-0.05, 0) is 30.5 Å². The van der Waals surface area contributed by atoms with Crippen LogP contribution in [0.3, 0.4) is 0 Å². The molecule has 2 fully saturated rings. The van der Waals surface area contributed by atoms with Gasteiger partial charge in [-0.2, -0.15) is 0 Å². The molecule has 0 radical (unpaired) electrons. The summed E-state index contributed by atoms with van der Waals surface area (Å²) in [5, 5.41) is 2.95. The van der Waals surface area contributed by atoms with E-state index in [2.05, 4.69) is 50.4 Å². The van der Waals surface area contributed by atoms with Crippen molar-refractivity contribution in [2.45, 2.75) is 25.5 Å². The summed E-state index contributed by atoms with van der Waals surface area (Å²) >= 11 is 0. The molecule has 1 amide bonds. The topological polar surface area (TPSA) is 57.7 Å². The number of piperazine rings is 1. The second-order valence-electron chi connectivity index (χ2n) is 7.49. The molecule has 1 atom stereocenters. The van der Waals surface area contributed by atoms with Gasteiger partial charge in [-0.25, -0.2) is 0 Å². The summed E-state index contributed by atoms with van der Waals surface area (Å²) in [5.74, 6) is -0.125. The van der Waals surface area contributed by atoms with E-state index >= 15 is 0 Å². The fourth-order valence-corrected chi connectivity index (χ4v) is 3.85. The molecule has 3 heterocycles. The summed E-state index contributed by atoms with van der Waals surface area (Å²) < 4.78 is 5.56. The van der Waals surface area contributed by atoms with E-state index in [1.807, 2.05) is 12.1 Å². The molecule has 1 N–H and O–H groups in total. The van der Waals surface area contributed by atoms with Gasteiger partial charge in [0.2, 0.25) is 0 Å². The predicted molar refractivity (Wildman–Crippen MR) is 109 cm³/mol. The third-order valence-electron chi connectivity index (χ3n) is 5.48. The van der Waals surface area contributed by atoms with Crippen LogP contribution < -0.4 is 10.2 Å². The van der Waals surface area contributed by atoms with Gasteiger partial charge >= 0.3 is 0 Å². The molecular formula is C22H28N4O2. The van der Waals surface area contributed by atoms with Crippen LogP contribution in [0.5, 0.6) is 0 Å². The van der Waals surface area contributed by atoms with Crippen molar-refractivity contribution in [3.63, 3.8) is 0 Å². The lowest BCUT2D eigenvalue weighted by molar-refractivity contribution is 0.0853. The first-order chi connectivity index (χ1) is 13.8. The minimum absolute atomic E-state index is 0.125. The number of nitrogens with one attached hydrogen (secondary N) is 1. The molecule has 2 aliphatic heterocycles. The first-order valence-corrected chi connectivity index (χ1v) is 10.1. The van der Waals surface area contributed by atoms with Gasteiger partial charge < -0.3 is 15.0 Å². The molecule has 2 aliphatic rings. The van der Waals surface area contributed by atoms with Gasteiger partial charge in [-0.1, -0.05) is 30.3 Å². The van der Waals surface area contributed by atoms with Crippen molar-refractivity contribution in [2.75, 3.05) is 44.2 Å². The number of nitrogens with zero attached hydrogens (tertiary/aromatic N) is 3. The highest BCUT2D eigenvalue weighted by atomic mass is 16.5. The Hall–Kier alpha value is -2.44. The van der Waals surface area contributed by atoms with Crippen molar-refractivity contribution in [3.8, 4) is 0 Å². The quantitative estimate of drug-likeness (QED) is 0.833. The van der Waals surface area contributed by atoms with Gasteiger partial charge in [0, 0.05) is 57.8 Å². The largest absolute Gasteiger partial charge is 0.376 e. The van der Waals surface area contributed by atoms with E-state index < -0.39 is 0 Å². The van der Waals surface area contributed by atoms with Crippen LogP contribution in [0.4, 0.5) is 5.69 Å². The summed E-state index contributed by atoms with van der Waals surface area (Å²) in [6.45, 7) is 6.27. The molecule has 148 valence electrons. The first kappa shape index (κ1) is 18.9. The van der Waals surface area contributed by atoms with Gasteiger partial charge in [-0.3, -0.25) is 14.7 Å². The van der Waals surface area contributed by atoms with E-state index in [9.17, 15) is 4.79 Å². The monoisotopic (exact) mass is 380 g/mol. The van der Waals surface area contributed by atoms with Gasteiger partial charge in [0.05, 0.1) is 6.10 Å². The average molecular weight is 380 g/mol. The zero-order valence-electron chi connectivity index (χ0n) is 16.2. The third kappa shape index (κ3) is 4.88. The zero-order chi connectivity index (χ0) is 19.2. The van der Waals surface area contributed by atoms with Crippen molar-refractivity contribution >= 4 is 11.6 Å². The molecule has 1 aromatic heterocycles. The lowest BCUT2D eigenvalue weighted by Gasteiger charge is -2.36. The number of rotatable bonds is 6. The van der Waals surface area contributed by atoms with Crippen LogP contribution in [0.2, 0.25) is 0 Å². The van der Waals surface area contributed by atoms with Crippen molar-refractivity contribution < 1.29 is 9.53 Å². The molecule has 2 aromatic rings. The minimum Gasteiger partial charge on any atom is -0.376 e. The van der Waals surface area contributed by atoms with E-state index in [4.69, 9.17) is 4.74 Å². The predicted octanol–water partition coefficient (Wildman–Crippen LogP) is 2.31. The van der Waals surface area contributed by atoms with Crippen LogP contribution in [-0.2, 0) is 11.3 Å². The molecular weight excluding hydrogens is 352 g/mol. The smallest absolute Gasteiger partial charge is 0.270 e. The summed E-state index contributed by atoms with van der Waals surface area (Å²) in [7, 11) is 0. The van der Waals surface area contributed by atoms with Crippen molar-refractivity contribution in [3.05, 3.63) is 59.9 Å². The fraction of sp³-hybridized carbons (Fsp3) is 0.455. The second kappa shape index (κ2) is 9.17. The summed E-state index contributed by atoms with van der Waals surface area (Å²) in [4.78, 5) is 21.5. The second-order valence-corrected chi connectivity index (χ2v) is 7.49. The Balaban J connectivity index is 1.30. The van der Waals surface area contributed by atoms with Crippen molar-refractivity contribution in [2.24, 2.45) is 0 Å². The number of ether oxygens (including phenoxy) is 1. The van der Waals surface area contributed by atoms with Crippen LogP contribution in [0, 0.1) is 0 Å². The molecule has 0 aliphatic carbocycles. The van der Waals surface area contributed by atoms with E-state index in [1.54, 1.807) is 6.20 Å². The van der Waals surface area contributed by atoms with Crippen LogP contribution in [0.25, 0.3) is 0 Å². The highest BCUT2D eigenvalue weighted by Crippen LogP contribution is 2.18. The normalized spacial score (nSPS) is 20.3. The maximum Gasteiger partial charge on any atom is 0.270 e. The molecule has 1 aromatic carbocycles. The fourth-order valence-electron chi connectivity index (χ4n) is 3.85. The number of pyridine rings is 1. The summed E-state index contributed by atoms with van der Waals surface area (Å²) in [6.07, 6.45) is 3.96. The maximum atomic E-state index is 12.4. The number of hydrogen-bond acceptors (Lipinski definition) is 5. The number of amides is 1. The Bertz CT molecular complexity index is 769. The van der Waals surface area contributed by atoms with E-state index in [-0.39, 0.29) is 12.0 Å². The first-order valence-electron chi connectivity index (χ1n) is 10.1. The Morgan fingerprint density at radius 1 is 1.14 bits per heavy atom. The van der Waals surface area contributed by atoms with E-state index in [1.165, 1.54) is 5.56 Å². The number of anilines is 1. The molecule has 6 nitrogen and oxygen atoms in total. The molecule has 4 rings (SSSR count). The average Bonchev–Trinajstić information content (AvgIpc) is 3.27. The molecule has 2 saturated heterocycles. The highest BCUT2D eigenvalue weighted by Gasteiger charge is 2.20. The lowest BCUT2D eigenvalue weighted by atomic mass is 10.2. The van der Waals surface area contributed by atoms with Crippen molar-refractivity contribution in [1.82, 2.24) is 15.2 Å². The highest BCUT2D eigenvalue weighted by molar-refractivity contribution is 5.93. The molecule has 0 bridgehead atoms. The summed E-state index contributed by atoms with van der Waals surface area (Å²) in [6, 6.07) is 14.5. The zero-order valence-corrected chi connectivity index (χ0v) is 16.2. The van der Waals surface area contributed by atoms with Crippen LogP contribution >= 0.6 is 0 Å². The molecule has 28 heavy (non-hydrogen) atoms. The Morgan fingerprint density at radius 2 is 1.96 bits per heavy atom. The van der Waals surface area contributed by atoms with Crippen LogP contribution in [0.1, 0.15) is 28.9 Å². The number of hydrogen-bond donors (Lipinski definition) is 1. The number of carbonyl (C=O) groups excluding carboxylic acids is 1. The lowest BCUT2D eigenvalue weighted by Crippen LogP contribution is -2.46. The SMILES string of the molecule is O=C(NCC1CCCO1)c1cc(N2CCN(Cc3ccccc3)CC2)ccn1. The molecule has 6 heteroatoms. The van der Waals surface area contributed by atoms with Crippen LogP contribution in [-0.4, -0.2) is 61.2 Å². The van der Waals surface area contributed by atoms with Gasteiger partial charge in [0.1, 0.15) is 5.69 Å². The Kier molecular flexibility index (Phi) is 6.19. The van der Waals surface area contributed by atoms with Gasteiger partial charge in [0.25, 0.3) is 5.91 Å². The Labute approximate surface area is 166 Å². The van der Waals surface area contributed by atoms with Gasteiger partial charge in [0.15, 0.2) is 0 Å².